The van der Waals surface area contributed by atoms with Crippen LogP contribution in [-0.4, -0.2) is 19.3 Å². The molecule has 1 saturated carbocycles. The Balaban J connectivity index is 1.81. The fraction of sp³-hybridized carbons (Fsp3) is 1.00. The number of rotatable bonds is 2. The number of hydrogen-bond donors (Lipinski definition) is 1. The van der Waals surface area contributed by atoms with Crippen molar-refractivity contribution in [1.82, 2.24) is 0 Å². The highest BCUT2D eigenvalue weighted by Crippen LogP contribution is 2.41. The molecule has 10 heavy (non-hydrogen) atoms. The van der Waals surface area contributed by atoms with Crippen molar-refractivity contribution >= 4 is 0 Å². The third-order valence-electron chi connectivity index (χ3n) is 2.66. The van der Waals surface area contributed by atoms with Gasteiger partial charge in [0.15, 0.2) is 0 Å². The molecule has 0 aromatic rings. The molecule has 0 bridgehead atoms. The smallest absolute Gasteiger partial charge is 0.0701 e. The third-order valence-corrected chi connectivity index (χ3v) is 2.66. The van der Waals surface area contributed by atoms with Crippen molar-refractivity contribution in [3.63, 3.8) is 0 Å². The van der Waals surface area contributed by atoms with Gasteiger partial charge in [0.1, 0.15) is 0 Å². The minimum Gasteiger partial charge on any atom is -0.377 e. The predicted octanol–water partition coefficient (Wildman–Crippen LogP) is 0.760. The number of hydrogen-bond acceptors (Lipinski definition) is 2. The quantitative estimate of drug-likeness (QED) is 0.616. The summed E-state index contributed by atoms with van der Waals surface area (Å²) in [6.07, 6.45) is 4.48. The van der Waals surface area contributed by atoms with E-state index in [1.807, 2.05) is 0 Å². The van der Waals surface area contributed by atoms with Crippen molar-refractivity contribution in [3.8, 4) is 0 Å². The Morgan fingerprint density at radius 2 is 2.10 bits per heavy atom. The van der Waals surface area contributed by atoms with E-state index < -0.39 is 0 Å². The van der Waals surface area contributed by atoms with Gasteiger partial charge >= 0.3 is 0 Å². The molecule has 2 fully saturated rings. The van der Waals surface area contributed by atoms with Crippen molar-refractivity contribution in [2.24, 2.45) is 17.6 Å². The first kappa shape index (κ1) is 6.62. The standard InChI is InChI=1S/C8H15NO/c9-4-8-3-7(5-10-8)6-1-2-6/h6-8H,1-5,9H2. The maximum atomic E-state index is 5.49. The molecule has 2 unspecified atom stereocenters. The summed E-state index contributed by atoms with van der Waals surface area (Å²) in [5, 5.41) is 0. The maximum absolute atomic E-state index is 5.49. The summed E-state index contributed by atoms with van der Waals surface area (Å²) in [5.74, 6) is 1.85. The van der Waals surface area contributed by atoms with Crippen molar-refractivity contribution in [1.29, 1.82) is 0 Å². The summed E-state index contributed by atoms with van der Waals surface area (Å²) in [4.78, 5) is 0. The lowest BCUT2D eigenvalue weighted by atomic mass is 10.0. The van der Waals surface area contributed by atoms with E-state index in [2.05, 4.69) is 0 Å². The van der Waals surface area contributed by atoms with Gasteiger partial charge in [0.05, 0.1) is 12.7 Å². The SMILES string of the molecule is NCC1CC(C2CC2)CO1. The molecule has 2 rings (SSSR count). The van der Waals surface area contributed by atoms with Crippen LogP contribution < -0.4 is 5.73 Å². The Bertz CT molecular complexity index is 122. The number of nitrogens with two attached hydrogens (primary N) is 1. The summed E-state index contributed by atoms with van der Waals surface area (Å²) in [6, 6.07) is 0. The fourth-order valence-corrected chi connectivity index (χ4v) is 1.79. The zero-order valence-corrected chi connectivity index (χ0v) is 6.25. The molecule has 0 spiro atoms. The van der Waals surface area contributed by atoms with Gasteiger partial charge in [-0.25, -0.2) is 0 Å². The lowest BCUT2D eigenvalue weighted by Gasteiger charge is -2.03. The first-order chi connectivity index (χ1) is 4.90. The molecule has 1 saturated heterocycles. The minimum atomic E-state index is 0.380. The Hall–Kier alpha value is -0.0800. The van der Waals surface area contributed by atoms with Gasteiger partial charge in [-0.2, -0.15) is 0 Å². The Labute approximate surface area is 61.7 Å². The summed E-state index contributed by atoms with van der Waals surface area (Å²) >= 11 is 0. The summed E-state index contributed by atoms with van der Waals surface area (Å²) < 4.78 is 5.49. The van der Waals surface area contributed by atoms with Crippen molar-refractivity contribution in [2.45, 2.75) is 25.4 Å². The van der Waals surface area contributed by atoms with Gasteiger partial charge in [-0.1, -0.05) is 0 Å². The van der Waals surface area contributed by atoms with Crippen LogP contribution in [0.2, 0.25) is 0 Å². The molecule has 1 aliphatic carbocycles. The summed E-state index contributed by atoms with van der Waals surface area (Å²) in [6.45, 7) is 1.69. The average molecular weight is 141 g/mol. The van der Waals surface area contributed by atoms with E-state index in [1.54, 1.807) is 0 Å². The molecule has 2 atom stereocenters. The highest BCUT2D eigenvalue weighted by molar-refractivity contribution is 4.86. The first-order valence-electron chi connectivity index (χ1n) is 4.22. The largest absolute Gasteiger partial charge is 0.377 e. The lowest BCUT2D eigenvalue weighted by Crippen LogP contribution is -2.18. The lowest BCUT2D eigenvalue weighted by molar-refractivity contribution is 0.111. The number of ether oxygens (including phenoxy) is 1. The molecule has 2 heteroatoms. The van der Waals surface area contributed by atoms with Crippen LogP contribution in [0.1, 0.15) is 19.3 Å². The highest BCUT2D eigenvalue weighted by atomic mass is 16.5. The van der Waals surface area contributed by atoms with Crippen LogP contribution in [0.5, 0.6) is 0 Å². The molecule has 1 heterocycles. The van der Waals surface area contributed by atoms with E-state index in [0.29, 0.717) is 12.6 Å². The van der Waals surface area contributed by atoms with Crippen LogP contribution in [0, 0.1) is 11.8 Å². The van der Waals surface area contributed by atoms with E-state index in [0.717, 1.165) is 18.4 Å². The van der Waals surface area contributed by atoms with Crippen LogP contribution in [0.25, 0.3) is 0 Å². The second-order valence-electron chi connectivity index (χ2n) is 3.52. The van der Waals surface area contributed by atoms with Crippen molar-refractivity contribution < 1.29 is 4.74 Å². The average Bonchev–Trinajstić information content (AvgIpc) is 2.70. The van der Waals surface area contributed by atoms with Gasteiger partial charge in [-0.05, 0) is 31.1 Å². The minimum absolute atomic E-state index is 0.380. The van der Waals surface area contributed by atoms with E-state index >= 15 is 0 Å². The van der Waals surface area contributed by atoms with E-state index in [1.165, 1.54) is 19.3 Å². The Morgan fingerprint density at radius 1 is 1.30 bits per heavy atom. The van der Waals surface area contributed by atoms with Gasteiger partial charge in [0, 0.05) is 6.54 Å². The Morgan fingerprint density at radius 3 is 2.60 bits per heavy atom. The summed E-state index contributed by atoms with van der Waals surface area (Å²) in [7, 11) is 0. The van der Waals surface area contributed by atoms with Crippen LogP contribution in [0.15, 0.2) is 0 Å². The molecule has 2 nitrogen and oxygen atoms in total. The molecule has 2 aliphatic rings. The molecule has 0 aromatic heterocycles. The second-order valence-corrected chi connectivity index (χ2v) is 3.52. The van der Waals surface area contributed by atoms with Crippen molar-refractivity contribution in [2.75, 3.05) is 13.2 Å². The summed E-state index contributed by atoms with van der Waals surface area (Å²) in [5.41, 5.74) is 5.49. The van der Waals surface area contributed by atoms with E-state index in [9.17, 15) is 0 Å². The highest BCUT2D eigenvalue weighted by Gasteiger charge is 2.36. The second kappa shape index (κ2) is 2.51. The van der Waals surface area contributed by atoms with Gasteiger partial charge in [-0.15, -0.1) is 0 Å². The van der Waals surface area contributed by atoms with Crippen LogP contribution in [0.4, 0.5) is 0 Å². The molecule has 0 radical (unpaired) electrons. The van der Waals surface area contributed by atoms with Crippen LogP contribution >= 0.6 is 0 Å². The molecular weight excluding hydrogens is 126 g/mol. The normalized spacial score (nSPS) is 40.5. The zero-order valence-electron chi connectivity index (χ0n) is 6.25. The van der Waals surface area contributed by atoms with Gasteiger partial charge in [0.2, 0.25) is 0 Å². The first-order valence-corrected chi connectivity index (χ1v) is 4.22. The van der Waals surface area contributed by atoms with Gasteiger partial charge in [-0.3, -0.25) is 0 Å². The zero-order chi connectivity index (χ0) is 6.97. The van der Waals surface area contributed by atoms with Crippen LogP contribution in [-0.2, 0) is 4.74 Å². The molecule has 0 amide bonds. The Kier molecular flexibility index (Phi) is 1.66. The monoisotopic (exact) mass is 141 g/mol. The molecular formula is C8H15NO. The van der Waals surface area contributed by atoms with E-state index in [4.69, 9.17) is 10.5 Å². The topological polar surface area (TPSA) is 35.2 Å². The van der Waals surface area contributed by atoms with Gasteiger partial charge < -0.3 is 10.5 Å². The van der Waals surface area contributed by atoms with Crippen molar-refractivity contribution in [3.05, 3.63) is 0 Å². The maximum Gasteiger partial charge on any atom is 0.0701 e. The molecule has 0 aromatic carbocycles. The van der Waals surface area contributed by atoms with E-state index in [-0.39, 0.29) is 0 Å². The van der Waals surface area contributed by atoms with Gasteiger partial charge in [0.25, 0.3) is 0 Å². The fourth-order valence-electron chi connectivity index (χ4n) is 1.79. The third kappa shape index (κ3) is 1.18. The predicted molar refractivity (Wildman–Crippen MR) is 39.6 cm³/mol. The van der Waals surface area contributed by atoms with Crippen LogP contribution in [0.3, 0.4) is 0 Å². The molecule has 1 aliphatic heterocycles. The molecule has 2 N–H and O–H groups in total. The molecule has 58 valence electrons.